The molecule has 0 aromatic rings. The molecule has 7 nitrogen and oxygen atoms in total. The number of alkyl carbamates (subject to hydrolysis) is 1. The van der Waals surface area contributed by atoms with E-state index in [2.05, 4.69) is 50.0 Å². The smallest absolute Gasteiger partial charge is 0.408 e. The summed E-state index contributed by atoms with van der Waals surface area (Å²) >= 11 is 0. The van der Waals surface area contributed by atoms with Gasteiger partial charge in [-0.05, 0) is 30.1 Å². The van der Waals surface area contributed by atoms with Gasteiger partial charge in [0.05, 0.1) is 0 Å². The lowest BCUT2D eigenvalue weighted by Crippen LogP contribution is -2.41. The van der Waals surface area contributed by atoms with Gasteiger partial charge >= 0.3 is 6.09 Å². The van der Waals surface area contributed by atoms with Gasteiger partial charge in [0, 0.05) is 18.5 Å². The van der Waals surface area contributed by atoms with Crippen LogP contribution >= 0.6 is 0 Å². The molecule has 0 radical (unpaired) electrons. The van der Waals surface area contributed by atoms with E-state index in [0.29, 0.717) is 19.0 Å². The van der Waals surface area contributed by atoms with E-state index in [0.717, 1.165) is 12.8 Å². The lowest BCUT2D eigenvalue weighted by atomic mass is 9.80. The fourth-order valence-electron chi connectivity index (χ4n) is 2.50. The third kappa shape index (κ3) is 9.65. The highest BCUT2D eigenvalue weighted by Gasteiger charge is 2.31. The van der Waals surface area contributed by atoms with Crippen molar-refractivity contribution in [1.82, 2.24) is 16.1 Å². The zero-order valence-corrected chi connectivity index (χ0v) is 16.9. The molecule has 0 saturated carbocycles. The molecule has 0 saturated heterocycles. The highest BCUT2D eigenvalue weighted by atomic mass is 16.6. The van der Waals surface area contributed by atoms with Crippen LogP contribution in [-0.2, 0) is 9.53 Å². The second-order valence-electron chi connectivity index (χ2n) is 8.48. The summed E-state index contributed by atoms with van der Waals surface area (Å²) in [7, 11) is 0. The fraction of sp³-hybridized carbons (Fsp3) is 0.889. The van der Waals surface area contributed by atoms with E-state index in [9.17, 15) is 9.59 Å². The van der Waals surface area contributed by atoms with Crippen LogP contribution in [0, 0.1) is 22.7 Å². The van der Waals surface area contributed by atoms with E-state index < -0.39 is 6.09 Å². The van der Waals surface area contributed by atoms with Crippen LogP contribution in [-0.4, -0.2) is 37.0 Å². The number of hydroxylamine groups is 1. The lowest BCUT2D eigenvalue weighted by molar-refractivity contribution is -0.131. The van der Waals surface area contributed by atoms with Crippen molar-refractivity contribution in [3.63, 3.8) is 0 Å². The summed E-state index contributed by atoms with van der Waals surface area (Å²) in [6.45, 7) is 15.2. The van der Waals surface area contributed by atoms with Gasteiger partial charge in [-0.15, -0.1) is 0 Å². The third-order valence-corrected chi connectivity index (χ3v) is 4.83. The monoisotopic (exact) mass is 359 g/mol. The molecule has 1 unspecified atom stereocenters. The van der Waals surface area contributed by atoms with Gasteiger partial charge in [-0.3, -0.25) is 4.79 Å². The van der Waals surface area contributed by atoms with Crippen molar-refractivity contribution in [3.05, 3.63) is 0 Å². The molecule has 0 spiro atoms. The van der Waals surface area contributed by atoms with Gasteiger partial charge in [0.1, 0.15) is 0 Å². The summed E-state index contributed by atoms with van der Waals surface area (Å²) in [4.78, 5) is 23.6. The first-order valence-electron chi connectivity index (χ1n) is 8.98. The van der Waals surface area contributed by atoms with Gasteiger partial charge in [-0.25, -0.2) is 4.79 Å². The highest BCUT2D eigenvalue weighted by molar-refractivity contribution is 5.81. The molecule has 7 heteroatoms. The number of nitrogens with one attached hydrogen (secondary N) is 3. The van der Waals surface area contributed by atoms with Crippen molar-refractivity contribution in [1.29, 1.82) is 0 Å². The highest BCUT2D eigenvalue weighted by Crippen LogP contribution is 2.27. The van der Waals surface area contributed by atoms with Gasteiger partial charge in [-0.1, -0.05) is 48.5 Å². The normalized spacial score (nSPS) is 13.5. The van der Waals surface area contributed by atoms with Crippen molar-refractivity contribution >= 4 is 12.0 Å². The second kappa shape index (κ2) is 10.6. The van der Waals surface area contributed by atoms with Gasteiger partial charge in [0.15, 0.2) is 6.73 Å². The molecule has 148 valence electrons. The molecular weight excluding hydrogens is 322 g/mol. The van der Waals surface area contributed by atoms with Crippen LogP contribution in [0.15, 0.2) is 0 Å². The molecule has 0 aliphatic carbocycles. The minimum Gasteiger partial charge on any atom is -0.431 e. The maximum absolute atomic E-state index is 12.2. The fourth-order valence-corrected chi connectivity index (χ4v) is 2.50. The van der Waals surface area contributed by atoms with E-state index >= 15 is 0 Å². The zero-order chi connectivity index (χ0) is 19.7. The number of hydrogen-bond acceptors (Lipinski definition) is 5. The average Bonchev–Trinajstić information content (AvgIpc) is 2.50. The standard InChI is InChI=1S/C18H37N3O4/c1-13(2)18(6,7)15(22)19-9-8-14(3)10-17(4,5)11-20-16(23)25-12-21-24/h13-14,21,24H,8-12H2,1-7H3,(H,19,22)(H,20,23). The SMILES string of the molecule is CC(CCNC(=O)C(C)(C)C(C)C)CC(C)(C)CNC(=O)OCNO. The number of carbonyl (C=O) groups excluding carboxylic acids is 2. The van der Waals surface area contributed by atoms with Crippen LogP contribution in [0.25, 0.3) is 0 Å². The first-order valence-corrected chi connectivity index (χ1v) is 8.98. The predicted molar refractivity (Wildman–Crippen MR) is 98.1 cm³/mol. The molecule has 0 rings (SSSR count). The van der Waals surface area contributed by atoms with Crippen LogP contribution in [0.3, 0.4) is 0 Å². The Morgan fingerprint density at radius 3 is 2.20 bits per heavy atom. The van der Waals surface area contributed by atoms with Crippen LogP contribution in [0.2, 0.25) is 0 Å². The van der Waals surface area contributed by atoms with E-state index in [4.69, 9.17) is 5.21 Å². The molecule has 0 bridgehead atoms. The number of rotatable bonds is 11. The molecule has 0 fully saturated rings. The van der Waals surface area contributed by atoms with Gasteiger partial charge in [0.2, 0.25) is 5.91 Å². The molecule has 2 amide bonds. The molecule has 0 aliphatic heterocycles. The van der Waals surface area contributed by atoms with Gasteiger partial charge in [-0.2, -0.15) is 5.48 Å². The number of hydrogen-bond donors (Lipinski definition) is 4. The van der Waals surface area contributed by atoms with Crippen molar-refractivity contribution in [3.8, 4) is 0 Å². The summed E-state index contributed by atoms with van der Waals surface area (Å²) in [5.74, 6) is 0.793. The Morgan fingerprint density at radius 2 is 1.68 bits per heavy atom. The molecule has 4 N–H and O–H groups in total. The number of ether oxygens (including phenoxy) is 1. The Labute approximate surface area is 152 Å². The summed E-state index contributed by atoms with van der Waals surface area (Å²) in [5, 5.41) is 14.1. The van der Waals surface area contributed by atoms with E-state index in [1.165, 1.54) is 0 Å². The summed E-state index contributed by atoms with van der Waals surface area (Å²) in [6.07, 6.45) is 1.24. The Balaban J connectivity index is 4.17. The van der Waals surface area contributed by atoms with Crippen molar-refractivity contribution in [2.24, 2.45) is 22.7 Å². The molecule has 0 aromatic heterocycles. The van der Waals surface area contributed by atoms with Crippen LogP contribution in [0.4, 0.5) is 4.79 Å². The lowest BCUT2D eigenvalue weighted by Gasteiger charge is -2.30. The molecular formula is C18H37N3O4. The predicted octanol–water partition coefficient (Wildman–Crippen LogP) is 2.89. The average molecular weight is 360 g/mol. The van der Waals surface area contributed by atoms with Gasteiger partial charge in [0.25, 0.3) is 0 Å². The van der Waals surface area contributed by atoms with Gasteiger partial charge < -0.3 is 20.6 Å². The minimum atomic E-state index is -0.564. The largest absolute Gasteiger partial charge is 0.431 e. The Bertz CT molecular complexity index is 423. The zero-order valence-electron chi connectivity index (χ0n) is 16.9. The summed E-state index contributed by atoms with van der Waals surface area (Å²) < 4.78 is 4.68. The first kappa shape index (κ1) is 23.7. The second-order valence-corrected chi connectivity index (χ2v) is 8.48. The van der Waals surface area contributed by atoms with Crippen LogP contribution in [0.1, 0.15) is 61.3 Å². The van der Waals surface area contributed by atoms with E-state index in [1.54, 1.807) is 5.48 Å². The molecule has 0 aliphatic rings. The third-order valence-electron chi connectivity index (χ3n) is 4.83. The maximum Gasteiger partial charge on any atom is 0.408 e. The van der Waals surface area contributed by atoms with E-state index in [-0.39, 0.29) is 29.4 Å². The van der Waals surface area contributed by atoms with Crippen LogP contribution in [0.5, 0.6) is 0 Å². The Kier molecular flexibility index (Phi) is 10.0. The minimum absolute atomic E-state index is 0.0910. The van der Waals surface area contributed by atoms with E-state index in [1.807, 2.05) is 13.8 Å². The van der Waals surface area contributed by atoms with Crippen molar-refractivity contribution < 1.29 is 19.5 Å². The topological polar surface area (TPSA) is 99.7 Å². The first-order chi connectivity index (χ1) is 11.4. The number of amides is 2. The van der Waals surface area contributed by atoms with Crippen molar-refractivity contribution in [2.75, 3.05) is 19.8 Å². The number of carbonyl (C=O) groups is 2. The molecule has 0 heterocycles. The quantitative estimate of drug-likeness (QED) is 0.336. The summed E-state index contributed by atoms with van der Waals surface area (Å²) in [6, 6.07) is 0. The Morgan fingerprint density at radius 1 is 1.08 bits per heavy atom. The molecule has 0 aromatic carbocycles. The molecule has 25 heavy (non-hydrogen) atoms. The maximum atomic E-state index is 12.2. The Hall–Kier alpha value is -1.34. The van der Waals surface area contributed by atoms with Crippen molar-refractivity contribution in [2.45, 2.75) is 61.3 Å². The molecule has 1 atom stereocenters. The van der Waals surface area contributed by atoms with Crippen LogP contribution < -0.4 is 16.1 Å². The summed E-state index contributed by atoms with van der Waals surface area (Å²) in [5.41, 5.74) is 1.30.